The Bertz CT molecular complexity index is 1250. The Hall–Kier alpha value is -3.37. The number of nitrogens with one attached hydrogen (secondary N) is 1. The van der Waals surface area contributed by atoms with Gasteiger partial charge in [0.25, 0.3) is 5.91 Å². The number of rotatable bonds is 9. The zero-order valence-electron chi connectivity index (χ0n) is 20.0. The molecule has 1 amide bonds. The topological polar surface area (TPSA) is 109 Å². The number of aromatic nitrogens is 2. The van der Waals surface area contributed by atoms with Crippen LogP contribution in [0, 0.1) is 13.8 Å². The largest absolute Gasteiger partial charge is 0.471 e. The van der Waals surface area contributed by atoms with Crippen LogP contribution in [-0.2, 0) is 16.2 Å². The lowest BCUT2D eigenvalue weighted by atomic mass is 10.1. The number of anilines is 1. The number of ether oxygens (including phenoxy) is 3. The number of esters is 2. The molecular weight excluding hydrogens is 494 g/mol. The molecule has 9 nitrogen and oxygen atoms in total. The Morgan fingerprint density at radius 2 is 1.91 bits per heavy atom. The predicted molar refractivity (Wildman–Crippen MR) is 133 cm³/mol. The predicted octanol–water partition coefficient (Wildman–Crippen LogP) is 5.25. The van der Waals surface area contributed by atoms with E-state index in [4.69, 9.17) is 25.8 Å². The van der Waals surface area contributed by atoms with Crippen molar-refractivity contribution in [3.63, 3.8) is 0 Å². The standard InChI is InChI=1S/C24H26ClN3O6S/c1-6-32-24(31)20-15(5)19(23(30)34-13(2)3)22(35-20)26-21(29)17-9-10-28(27-17)12-33-18-8-7-16(25)11-14(18)4/h7-11,13H,6,12H2,1-5H3,(H,26,29). The highest BCUT2D eigenvalue weighted by Crippen LogP contribution is 2.35. The molecule has 35 heavy (non-hydrogen) atoms. The van der Waals surface area contributed by atoms with Crippen LogP contribution in [0.4, 0.5) is 5.00 Å². The van der Waals surface area contributed by atoms with E-state index < -0.39 is 17.8 Å². The Balaban J connectivity index is 1.78. The Kier molecular flexibility index (Phi) is 8.52. The van der Waals surface area contributed by atoms with Crippen LogP contribution in [0.1, 0.15) is 62.4 Å². The fourth-order valence-electron chi connectivity index (χ4n) is 3.14. The first-order valence-electron chi connectivity index (χ1n) is 10.9. The van der Waals surface area contributed by atoms with Crippen molar-refractivity contribution in [1.29, 1.82) is 0 Å². The third-order valence-electron chi connectivity index (χ3n) is 4.74. The number of thiophene rings is 1. The summed E-state index contributed by atoms with van der Waals surface area (Å²) < 4.78 is 17.6. The van der Waals surface area contributed by atoms with Gasteiger partial charge in [-0.3, -0.25) is 4.79 Å². The number of aryl methyl sites for hydroxylation is 1. The third kappa shape index (κ3) is 6.40. The summed E-state index contributed by atoms with van der Waals surface area (Å²) in [5.41, 5.74) is 1.47. The molecule has 1 aromatic carbocycles. The third-order valence-corrected chi connectivity index (χ3v) is 6.17. The quantitative estimate of drug-likeness (QED) is 0.385. The molecule has 0 fully saturated rings. The van der Waals surface area contributed by atoms with Crippen molar-refractivity contribution in [1.82, 2.24) is 9.78 Å². The van der Waals surface area contributed by atoms with Crippen LogP contribution in [-0.4, -0.2) is 40.3 Å². The monoisotopic (exact) mass is 519 g/mol. The number of amides is 1. The Labute approximate surface area is 211 Å². The van der Waals surface area contributed by atoms with Gasteiger partial charge in [-0.05, 0) is 70.0 Å². The van der Waals surface area contributed by atoms with E-state index in [2.05, 4.69) is 10.4 Å². The molecule has 0 spiro atoms. The van der Waals surface area contributed by atoms with Gasteiger partial charge in [0.2, 0.25) is 0 Å². The first-order chi connectivity index (χ1) is 16.6. The molecule has 2 heterocycles. The summed E-state index contributed by atoms with van der Waals surface area (Å²) >= 11 is 6.92. The van der Waals surface area contributed by atoms with Gasteiger partial charge in [-0.1, -0.05) is 11.6 Å². The average molecular weight is 520 g/mol. The van der Waals surface area contributed by atoms with Gasteiger partial charge in [0.15, 0.2) is 12.4 Å². The molecule has 1 N–H and O–H groups in total. The highest BCUT2D eigenvalue weighted by atomic mass is 35.5. The van der Waals surface area contributed by atoms with Crippen LogP contribution in [0.5, 0.6) is 5.75 Å². The molecular formula is C24H26ClN3O6S. The molecule has 3 aromatic rings. The molecule has 0 radical (unpaired) electrons. The Morgan fingerprint density at radius 1 is 1.17 bits per heavy atom. The van der Waals surface area contributed by atoms with Crippen molar-refractivity contribution >= 4 is 45.8 Å². The number of halogens is 1. The second kappa shape index (κ2) is 11.4. The van der Waals surface area contributed by atoms with Gasteiger partial charge in [-0.25, -0.2) is 14.3 Å². The SMILES string of the molecule is CCOC(=O)c1sc(NC(=O)c2ccn(COc3ccc(Cl)cc3C)n2)c(C(=O)OC(C)C)c1C. The molecule has 0 unspecified atom stereocenters. The molecule has 0 saturated heterocycles. The number of carbonyl (C=O) groups is 3. The van der Waals surface area contributed by atoms with E-state index in [1.54, 1.807) is 52.1 Å². The molecule has 0 aliphatic heterocycles. The summed E-state index contributed by atoms with van der Waals surface area (Å²) in [7, 11) is 0. The fourth-order valence-corrected chi connectivity index (χ4v) is 4.45. The first kappa shape index (κ1) is 26.2. The lowest BCUT2D eigenvalue weighted by Crippen LogP contribution is -2.18. The normalized spacial score (nSPS) is 10.8. The number of hydrogen-bond donors (Lipinski definition) is 1. The van der Waals surface area contributed by atoms with E-state index >= 15 is 0 Å². The van der Waals surface area contributed by atoms with Gasteiger partial charge in [0, 0.05) is 11.2 Å². The van der Waals surface area contributed by atoms with Gasteiger partial charge in [-0.15, -0.1) is 11.3 Å². The van der Waals surface area contributed by atoms with Crippen molar-refractivity contribution in [3.05, 3.63) is 62.7 Å². The van der Waals surface area contributed by atoms with Crippen LogP contribution in [0.3, 0.4) is 0 Å². The van der Waals surface area contributed by atoms with Crippen LogP contribution in [0.25, 0.3) is 0 Å². The number of carbonyl (C=O) groups excluding carboxylic acids is 3. The smallest absolute Gasteiger partial charge is 0.348 e. The summed E-state index contributed by atoms with van der Waals surface area (Å²) in [6.45, 7) is 8.85. The van der Waals surface area contributed by atoms with E-state index in [1.807, 2.05) is 6.92 Å². The average Bonchev–Trinajstić information content (AvgIpc) is 3.37. The molecule has 11 heteroatoms. The first-order valence-corrected chi connectivity index (χ1v) is 12.0. The van der Waals surface area contributed by atoms with Gasteiger partial charge in [-0.2, -0.15) is 5.10 Å². The second-order valence-corrected chi connectivity index (χ2v) is 9.27. The maximum Gasteiger partial charge on any atom is 0.348 e. The summed E-state index contributed by atoms with van der Waals surface area (Å²) in [5.74, 6) is -1.13. The van der Waals surface area contributed by atoms with E-state index in [9.17, 15) is 14.4 Å². The van der Waals surface area contributed by atoms with Crippen molar-refractivity contribution in [2.75, 3.05) is 11.9 Å². The van der Waals surface area contributed by atoms with E-state index in [0.29, 0.717) is 16.3 Å². The summed E-state index contributed by atoms with van der Waals surface area (Å²) in [5, 5.41) is 7.71. The highest BCUT2D eigenvalue weighted by molar-refractivity contribution is 7.18. The Morgan fingerprint density at radius 3 is 2.57 bits per heavy atom. The van der Waals surface area contributed by atoms with E-state index in [0.717, 1.165) is 16.9 Å². The molecule has 0 aliphatic rings. The molecule has 0 atom stereocenters. The zero-order valence-corrected chi connectivity index (χ0v) is 21.6. The minimum absolute atomic E-state index is 0.0762. The van der Waals surface area contributed by atoms with E-state index in [1.165, 1.54) is 10.7 Å². The van der Waals surface area contributed by atoms with Gasteiger partial charge in [0.05, 0.1) is 18.3 Å². The van der Waals surface area contributed by atoms with Gasteiger partial charge < -0.3 is 19.5 Å². The zero-order chi connectivity index (χ0) is 25.7. The molecule has 186 valence electrons. The number of hydrogen-bond acceptors (Lipinski definition) is 8. The van der Waals surface area contributed by atoms with Crippen LogP contribution < -0.4 is 10.1 Å². The number of nitrogens with zero attached hydrogens (tertiary/aromatic N) is 2. The van der Waals surface area contributed by atoms with Crippen molar-refractivity contribution in [2.24, 2.45) is 0 Å². The highest BCUT2D eigenvalue weighted by Gasteiger charge is 2.28. The lowest BCUT2D eigenvalue weighted by Gasteiger charge is -2.10. The second-order valence-electron chi connectivity index (χ2n) is 7.81. The minimum atomic E-state index is -0.642. The summed E-state index contributed by atoms with van der Waals surface area (Å²) in [4.78, 5) is 38.2. The summed E-state index contributed by atoms with van der Waals surface area (Å²) in [6.07, 6.45) is 1.22. The molecule has 0 aliphatic carbocycles. The van der Waals surface area contributed by atoms with Crippen molar-refractivity contribution in [3.8, 4) is 5.75 Å². The molecule has 3 rings (SSSR count). The van der Waals surface area contributed by atoms with Crippen LogP contribution in [0.2, 0.25) is 5.02 Å². The summed E-state index contributed by atoms with van der Waals surface area (Å²) in [6, 6.07) is 6.79. The lowest BCUT2D eigenvalue weighted by molar-refractivity contribution is 0.0379. The number of benzene rings is 1. The van der Waals surface area contributed by atoms with Crippen molar-refractivity contribution < 1.29 is 28.6 Å². The van der Waals surface area contributed by atoms with Crippen LogP contribution in [0.15, 0.2) is 30.5 Å². The molecule has 0 saturated carbocycles. The minimum Gasteiger partial charge on any atom is -0.471 e. The molecule has 2 aromatic heterocycles. The van der Waals surface area contributed by atoms with Crippen LogP contribution >= 0.6 is 22.9 Å². The maximum absolute atomic E-state index is 12.9. The maximum atomic E-state index is 12.9. The van der Waals surface area contributed by atoms with Gasteiger partial charge >= 0.3 is 11.9 Å². The molecule has 0 bridgehead atoms. The fraction of sp³-hybridized carbons (Fsp3) is 0.333. The van der Waals surface area contributed by atoms with E-state index in [-0.39, 0.29) is 40.6 Å². The van der Waals surface area contributed by atoms with Gasteiger partial charge in [0.1, 0.15) is 15.6 Å². The van der Waals surface area contributed by atoms with Crippen molar-refractivity contribution in [2.45, 2.75) is 47.5 Å².